The van der Waals surface area contributed by atoms with Crippen molar-refractivity contribution in [2.24, 2.45) is 0 Å². The Labute approximate surface area is 138 Å². The van der Waals surface area contributed by atoms with Crippen molar-refractivity contribution in [1.82, 2.24) is 0 Å². The topological polar surface area (TPSA) is 43.4 Å². The number of halogens is 1. The number of benzene rings is 1. The maximum absolute atomic E-state index is 12.1. The van der Waals surface area contributed by atoms with E-state index >= 15 is 0 Å². The first-order valence-corrected chi connectivity index (χ1v) is 7.89. The molecular formula is C17H15ClO3S. The van der Waals surface area contributed by atoms with Crippen LogP contribution >= 0.6 is 22.9 Å². The van der Waals surface area contributed by atoms with Gasteiger partial charge >= 0.3 is 5.97 Å². The molecule has 1 aromatic heterocycles. The average Bonchev–Trinajstić information content (AvgIpc) is 3.01. The summed E-state index contributed by atoms with van der Waals surface area (Å²) in [6.07, 6.45) is -0.171. The minimum atomic E-state index is -0.596. The quantitative estimate of drug-likeness (QED) is 0.468. The van der Waals surface area contributed by atoms with Crippen LogP contribution < -0.4 is 0 Å². The number of carbonyl (C=O) groups is 2. The van der Waals surface area contributed by atoms with Crippen molar-refractivity contribution in [3.63, 3.8) is 0 Å². The standard InChI is InChI=1S/C17H15ClO3S/c1-11-5-7-12(8-6-11)16(14-4-3-9-22-14)13(10-15(18)19)17(20)21-2/h3-9H,10H2,1-2H3/b16-13+. The Morgan fingerprint density at radius 2 is 1.86 bits per heavy atom. The van der Waals surface area contributed by atoms with Crippen molar-refractivity contribution in [1.29, 1.82) is 0 Å². The summed E-state index contributed by atoms with van der Waals surface area (Å²) >= 11 is 7.01. The largest absolute Gasteiger partial charge is 0.466 e. The molecule has 0 amide bonds. The number of methoxy groups -OCH3 is 1. The van der Waals surface area contributed by atoms with Crippen molar-refractivity contribution in [2.75, 3.05) is 7.11 Å². The second-order valence-electron chi connectivity index (χ2n) is 4.72. The van der Waals surface area contributed by atoms with E-state index in [0.717, 1.165) is 16.0 Å². The Bertz CT molecular complexity index is 700. The van der Waals surface area contributed by atoms with Crippen LogP contribution in [0.3, 0.4) is 0 Å². The van der Waals surface area contributed by atoms with Crippen LogP contribution in [0.2, 0.25) is 0 Å². The predicted molar refractivity (Wildman–Crippen MR) is 89.0 cm³/mol. The lowest BCUT2D eigenvalue weighted by Gasteiger charge is -2.12. The van der Waals surface area contributed by atoms with Crippen LogP contribution in [0, 0.1) is 6.92 Å². The van der Waals surface area contributed by atoms with Gasteiger partial charge < -0.3 is 4.74 Å². The molecule has 2 aromatic rings. The Kier molecular flexibility index (Phi) is 5.52. The van der Waals surface area contributed by atoms with Crippen LogP contribution in [-0.4, -0.2) is 18.3 Å². The number of carbonyl (C=O) groups excluding carboxylic acids is 2. The highest BCUT2D eigenvalue weighted by atomic mass is 35.5. The number of rotatable bonds is 5. The summed E-state index contributed by atoms with van der Waals surface area (Å²) < 4.78 is 4.83. The predicted octanol–water partition coefficient (Wildman–Crippen LogP) is 4.19. The lowest BCUT2D eigenvalue weighted by molar-refractivity contribution is -0.136. The van der Waals surface area contributed by atoms with Gasteiger partial charge in [0.2, 0.25) is 5.24 Å². The molecule has 0 bridgehead atoms. The highest BCUT2D eigenvalue weighted by molar-refractivity contribution is 7.11. The average molecular weight is 335 g/mol. The summed E-state index contributed by atoms with van der Waals surface area (Å²) in [4.78, 5) is 24.4. The fourth-order valence-corrected chi connectivity index (χ4v) is 3.08. The van der Waals surface area contributed by atoms with Crippen LogP contribution in [0.5, 0.6) is 0 Å². The van der Waals surface area contributed by atoms with Gasteiger partial charge in [0.25, 0.3) is 0 Å². The molecule has 0 aliphatic rings. The van der Waals surface area contributed by atoms with Gasteiger partial charge in [0, 0.05) is 10.5 Å². The Morgan fingerprint density at radius 1 is 1.18 bits per heavy atom. The molecule has 0 saturated carbocycles. The minimum Gasteiger partial charge on any atom is -0.466 e. The number of hydrogen-bond donors (Lipinski definition) is 0. The molecule has 2 rings (SSSR count). The van der Waals surface area contributed by atoms with E-state index < -0.39 is 11.2 Å². The van der Waals surface area contributed by atoms with Crippen LogP contribution in [-0.2, 0) is 14.3 Å². The summed E-state index contributed by atoms with van der Waals surface area (Å²) in [7, 11) is 1.29. The van der Waals surface area contributed by atoms with Gasteiger partial charge in [0.1, 0.15) is 0 Å². The zero-order chi connectivity index (χ0) is 16.1. The summed E-state index contributed by atoms with van der Waals surface area (Å²) in [5.74, 6) is -0.544. The molecule has 0 N–H and O–H groups in total. The fourth-order valence-electron chi connectivity index (χ4n) is 2.13. The van der Waals surface area contributed by atoms with Gasteiger partial charge in [-0.3, -0.25) is 4.79 Å². The molecule has 1 heterocycles. The first kappa shape index (κ1) is 16.5. The molecule has 0 atom stereocenters. The number of thiophene rings is 1. The van der Waals surface area contributed by atoms with Crippen LogP contribution in [0.15, 0.2) is 47.4 Å². The number of hydrogen-bond acceptors (Lipinski definition) is 4. The number of ether oxygens (including phenoxy) is 1. The van der Waals surface area contributed by atoms with Gasteiger partial charge in [0.15, 0.2) is 0 Å². The third-order valence-electron chi connectivity index (χ3n) is 3.16. The van der Waals surface area contributed by atoms with Crippen LogP contribution in [0.1, 0.15) is 22.4 Å². The molecule has 3 nitrogen and oxygen atoms in total. The second-order valence-corrected chi connectivity index (χ2v) is 6.09. The van der Waals surface area contributed by atoms with E-state index in [9.17, 15) is 9.59 Å². The molecule has 1 aromatic carbocycles. The summed E-state index contributed by atoms with van der Waals surface area (Å²) in [6.45, 7) is 1.99. The second kappa shape index (κ2) is 7.38. The molecule has 0 spiro atoms. The van der Waals surface area contributed by atoms with Crippen molar-refractivity contribution >= 4 is 39.7 Å². The summed E-state index contributed by atoms with van der Waals surface area (Å²) in [6, 6.07) is 11.6. The molecule has 114 valence electrons. The van der Waals surface area contributed by atoms with Crippen LogP contribution in [0.4, 0.5) is 0 Å². The van der Waals surface area contributed by atoms with E-state index in [1.54, 1.807) is 0 Å². The molecule has 0 saturated heterocycles. The molecule has 0 aliphatic heterocycles. The molecule has 0 aliphatic carbocycles. The van der Waals surface area contributed by atoms with E-state index in [-0.39, 0.29) is 12.0 Å². The lowest BCUT2D eigenvalue weighted by Crippen LogP contribution is -2.10. The van der Waals surface area contributed by atoms with Crippen LogP contribution in [0.25, 0.3) is 5.57 Å². The first-order valence-electron chi connectivity index (χ1n) is 6.63. The van der Waals surface area contributed by atoms with Gasteiger partial charge in [-0.05, 0) is 35.5 Å². The number of esters is 1. The zero-order valence-corrected chi connectivity index (χ0v) is 13.8. The normalized spacial score (nSPS) is 11.8. The molecular weight excluding hydrogens is 320 g/mol. The van der Waals surface area contributed by atoms with Gasteiger partial charge in [-0.15, -0.1) is 11.3 Å². The number of aryl methyl sites for hydroxylation is 1. The van der Waals surface area contributed by atoms with Gasteiger partial charge in [-0.25, -0.2) is 4.79 Å². The molecule has 0 fully saturated rings. The molecule has 0 unspecified atom stereocenters. The van der Waals surface area contributed by atoms with E-state index in [0.29, 0.717) is 5.57 Å². The van der Waals surface area contributed by atoms with Crippen molar-refractivity contribution in [3.05, 3.63) is 63.4 Å². The summed E-state index contributed by atoms with van der Waals surface area (Å²) in [5, 5.41) is 1.32. The van der Waals surface area contributed by atoms with Crippen molar-refractivity contribution in [2.45, 2.75) is 13.3 Å². The molecule has 0 radical (unpaired) electrons. The van der Waals surface area contributed by atoms with E-state index in [1.807, 2.05) is 48.7 Å². The van der Waals surface area contributed by atoms with E-state index in [4.69, 9.17) is 16.3 Å². The van der Waals surface area contributed by atoms with Gasteiger partial charge in [-0.1, -0.05) is 35.9 Å². The zero-order valence-electron chi connectivity index (χ0n) is 12.3. The Morgan fingerprint density at radius 3 is 2.36 bits per heavy atom. The van der Waals surface area contributed by atoms with E-state index in [1.165, 1.54) is 18.4 Å². The Balaban J connectivity index is 2.68. The summed E-state index contributed by atoms with van der Waals surface area (Å²) in [5.41, 5.74) is 2.93. The lowest BCUT2D eigenvalue weighted by atomic mass is 9.96. The van der Waals surface area contributed by atoms with Crippen molar-refractivity contribution in [3.8, 4) is 0 Å². The van der Waals surface area contributed by atoms with Gasteiger partial charge in [0.05, 0.1) is 19.1 Å². The highest BCUT2D eigenvalue weighted by Gasteiger charge is 2.21. The maximum atomic E-state index is 12.1. The monoisotopic (exact) mass is 334 g/mol. The fraction of sp³-hybridized carbons (Fsp3) is 0.176. The third kappa shape index (κ3) is 3.84. The third-order valence-corrected chi connectivity index (χ3v) is 4.18. The smallest absolute Gasteiger partial charge is 0.334 e. The minimum absolute atomic E-state index is 0.171. The van der Waals surface area contributed by atoms with Gasteiger partial charge in [-0.2, -0.15) is 0 Å². The highest BCUT2D eigenvalue weighted by Crippen LogP contribution is 2.32. The molecule has 5 heteroatoms. The van der Waals surface area contributed by atoms with E-state index in [2.05, 4.69) is 0 Å². The first-order chi connectivity index (χ1) is 10.5. The molecule has 22 heavy (non-hydrogen) atoms. The maximum Gasteiger partial charge on any atom is 0.334 e. The Hall–Kier alpha value is -1.91. The SMILES string of the molecule is COC(=O)/C(CC(=O)Cl)=C(\c1ccc(C)cc1)c1cccs1. The van der Waals surface area contributed by atoms with Crippen molar-refractivity contribution < 1.29 is 14.3 Å².